The summed E-state index contributed by atoms with van der Waals surface area (Å²) in [5.74, 6) is -1.60. The molecule has 33 heavy (non-hydrogen) atoms. The second-order valence-corrected chi connectivity index (χ2v) is 8.68. The minimum Gasteiger partial charge on any atom is -0.480 e. The number of para-hydroxylation sites is 1. The van der Waals surface area contributed by atoms with Crippen molar-refractivity contribution < 1.29 is 19.5 Å². The number of benzene rings is 1. The highest BCUT2D eigenvalue weighted by atomic mass is 32.2. The van der Waals surface area contributed by atoms with Gasteiger partial charge >= 0.3 is 5.97 Å². The van der Waals surface area contributed by atoms with E-state index in [-0.39, 0.29) is 12.8 Å². The van der Waals surface area contributed by atoms with Crippen molar-refractivity contribution in [3.05, 3.63) is 54.2 Å². The molecule has 0 radical (unpaired) electrons. The fraction of sp³-hybridized carbons (Fsp3) is 0.364. The maximum Gasteiger partial charge on any atom is 0.326 e. The van der Waals surface area contributed by atoms with Gasteiger partial charge in [0.1, 0.15) is 12.1 Å². The minimum atomic E-state index is -1.15. The number of nitrogens with one attached hydrogen (secondary N) is 4. The number of carboxylic acids is 1. The summed E-state index contributed by atoms with van der Waals surface area (Å²) in [5.41, 5.74) is 8.36. The van der Waals surface area contributed by atoms with Gasteiger partial charge in [-0.05, 0) is 30.1 Å². The number of nitrogens with two attached hydrogens (primary N) is 1. The van der Waals surface area contributed by atoms with E-state index in [1.807, 2.05) is 30.5 Å². The van der Waals surface area contributed by atoms with Crippen LogP contribution in [-0.2, 0) is 27.2 Å². The highest BCUT2D eigenvalue weighted by Crippen LogP contribution is 2.19. The topological polar surface area (TPSA) is 166 Å². The smallest absolute Gasteiger partial charge is 0.326 e. The molecule has 0 aliphatic heterocycles. The SMILES string of the molecule is CSCCC(NC(=O)C(N)Cc1cnc[nH]1)C(=O)NC(Cc1c[nH]c2ccccc12)C(=O)O. The van der Waals surface area contributed by atoms with E-state index in [0.717, 1.165) is 16.5 Å². The second-order valence-electron chi connectivity index (χ2n) is 7.69. The van der Waals surface area contributed by atoms with Crippen molar-refractivity contribution in [1.29, 1.82) is 0 Å². The lowest BCUT2D eigenvalue weighted by molar-refractivity contribution is -0.142. The van der Waals surface area contributed by atoms with E-state index in [1.165, 1.54) is 18.1 Å². The molecule has 0 aliphatic carbocycles. The van der Waals surface area contributed by atoms with Gasteiger partial charge in [0.2, 0.25) is 11.8 Å². The summed E-state index contributed by atoms with van der Waals surface area (Å²) < 4.78 is 0. The number of carbonyl (C=O) groups is 3. The van der Waals surface area contributed by atoms with Gasteiger partial charge in [0.15, 0.2) is 0 Å². The van der Waals surface area contributed by atoms with E-state index in [1.54, 1.807) is 12.4 Å². The number of imidazole rings is 1. The Morgan fingerprint density at radius 2 is 1.88 bits per heavy atom. The molecule has 11 heteroatoms. The molecule has 3 aromatic rings. The maximum atomic E-state index is 13.0. The van der Waals surface area contributed by atoms with Gasteiger partial charge in [-0.3, -0.25) is 9.59 Å². The van der Waals surface area contributed by atoms with E-state index in [0.29, 0.717) is 17.9 Å². The average Bonchev–Trinajstić information content (AvgIpc) is 3.45. The fourth-order valence-corrected chi connectivity index (χ4v) is 3.97. The lowest BCUT2D eigenvalue weighted by atomic mass is 10.0. The first-order chi connectivity index (χ1) is 15.9. The highest BCUT2D eigenvalue weighted by Gasteiger charge is 2.28. The van der Waals surface area contributed by atoms with Crippen LogP contribution in [0.4, 0.5) is 0 Å². The Morgan fingerprint density at radius 3 is 2.58 bits per heavy atom. The lowest BCUT2D eigenvalue weighted by Crippen LogP contribution is -2.55. The molecule has 176 valence electrons. The van der Waals surface area contributed by atoms with Crippen LogP contribution in [0.2, 0.25) is 0 Å². The number of amides is 2. The van der Waals surface area contributed by atoms with Crippen molar-refractivity contribution in [1.82, 2.24) is 25.6 Å². The van der Waals surface area contributed by atoms with E-state index < -0.39 is 35.9 Å². The molecule has 0 aliphatic rings. The zero-order valence-electron chi connectivity index (χ0n) is 18.2. The summed E-state index contributed by atoms with van der Waals surface area (Å²) in [6.07, 6.45) is 7.39. The van der Waals surface area contributed by atoms with Crippen LogP contribution in [0.3, 0.4) is 0 Å². The molecular formula is C22H28N6O4S. The van der Waals surface area contributed by atoms with Crippen LogP contribution in [0.1, 0.15) is 17.7 Å². The number of thioether (sulfide) groups is 1. The Hall–Kier alpha value is -3.31. The normalized spacial score (nSPS) is 13.9. The van der Waals surface area contributed by atoms with E-state index in [4.69, 9.17) is 5.73 Å². The molecule has 3 atom stereocenters. The maximum absolute atomic E-state index is 13.0. The Bertz CT molecular complexity index is 1080. The average molecular weight is 473 g/mol. The third kappa shape index (κ3) is 6.59. The molecule has 3 unspecified atom stereocenters. The number of hydrogen-bond acceptors (Lipinski definition) is 6. The summed E-state index contributed by atoms with van der Waals surface area (Å²) in [7, 11) is 0. The molecule has 2 aromatic heterocycles. The van der Waals surface area contributed by atoms with Crippen molar-refractivity contribution in [2.75, 3.05) is 12.0 Å². The Kier molecular flexibility index (Phi) is 8.50. The van der Waals surface area contributed by atoms with Crippen molar-refractivity contribution in [2.45, 2.75) is 37.4 Å². The number of nitrogens with zero attached hydrogens (tertiary/aromatic N) is 1. The number of hydrogen-bond donors (Lipinski definition) is 6. The van der Waals surface area contributed by atoms with Crippen molar-refractivity contribution in [2.24, 2.45) is 5.73 Å². The molecule has 1 aromatic carbocycles. The third-order valence-corrected chi connectivity index (χ3v) is 5.93. The first-order valence-electron chi connectivity index (χ1n) is 10.5. The molecule has 3 rings (SSSR count). The van der Waals surface area contributed by atoms with Crippen LogP contribution in [0.5, 0.6) is 0 Å². The largest absolute Gasteiger partial charge is 0.480 e. The number of fused-ring (bicyclic) bond motifs is 1. The quantitative estimate of drug-likeness (QED) is 0.227. The van der Waals surface area contributed by atoms with Crippen LogP contribution in [0.25, 0.3) is 10.9 Å². The number of H-pyrrole nitrogens is 2. The number of rotatable bonds is 12. The van der Waals surface area contributed by atoms with Gasteiger partial charge in [-0.25, -0.2) is 9.78 Å². The molecule has 0 bridgehead atoms. The predicted molar refractivity (Wildman–Crippen MR) is 127 cm³/mol. The first-order valence-corrected chi connectivity index (χ1v) is 11.9. The Balaban J connectivity index is 1.67. The minimum absolute atomic E-state index is 0.105. The molecule has 7 N–H and O–H groups in total. The Labute approximate surface area is 195 Å². The number of aliphatic carboxylic acids is 1. The van der Waals surface area contributed by atoms with Gasteiger partial charge in [-0.15, -0.1) is 0 Å². The number of carboxylic acid groups (broad SMARTS) is 1. The van der Waals surface area contributed by atoms with Gasteiger partial charge in [-0.2, -0.15) is 11.8 Å². The lowest BCUT2D eigenvalue weighted by Gasteiger charge is -2.22. The van der Waals surface area contributed by atoms with Crippen molar-refractivity contribution in [3.63, 3.8) is 0 Å². The standard InChI is InChI=1S/C22H28N6O4S/c1-33-7-6-18(27-20(29)16(23)9-14-11-24-12-26-14)21(30)28-19(22(31)32)8-13-10-25-17-5-3-2-4-15(13)17/h2-5,10-12,16,18-19,25H,6-9,23H2,1H3,(H,24,26)(H,27,29)(H,28,30)(H,31,32). The zero-order valence-corrected chi connectivity index (χ0v) is 19.0. The monoisotopic (exact) mass is 472 g/mol. The summed E-state index contributed by atoms with van der Waals surface area (Å²) >= 11 is 1.52. The predicted octanol–water partition coefficient (Wildman–Crippen LogP) is 0.811. The van der Waals surface area contributed by atoms with E-state index in [9.17, 15) is 19.5 Å². The molecule has 0 saturated heterocycles. The summed E-state index contributed by atoms with van der Waals surface area (Å²) in [6, 6.07) is 4.62. The van der Waals surface area contributed by atoms with Crippen LogP contribution in [0.15, 0.2) is 43.0 Å². The van der Waals surface area contributed by atoms with E-state index in [2.05, 4.69) is 25.6 Å². The molecule has 10 nitrogen and oxygen atoms in total. The van der Waals surface area contributed by atoms with Crippen molar-refractivity contribution in [3.8, 4) is 0 Å². The Morgan fingerprint density at radius 1 is 1.12 bits per heavy atom. The second kappa shape index (κ2) is 11.5. The number of aromatic amines is 2. The van der Waals surface area contributed by atoms with Gasteiger partial charge in [0.05, 0.1) is 12.4 Å². The zero-order chi connectivity index (χ0) is 23.8. The van der Waals surface area contributed by atoms with Gasteiger partial charge in [0, 0.05) is 41.8 Å². The highest BCUT2D eigenvalue weighted by molar-refractivity contribution is 7.98. The third-order valence-electron chi connectivity index (χ3n) is 5.29. The summed E-state index contributed by atoms with van der Waals surface area (Å²) in [6.45, 7) is 0. The number of carbonyl (C=O) groups excluding carboxylic acids is 2. The van der Waals surface area contributed by atoms with Gasteiger partial charge in [-0.1, -0.05) is 18.2 Å². The fourth-order valence-electron chi connectivity index (χ4n) is 3.50. The molecule has 2 heterocycles. The molecule has 2 amide bonds. The number of aromatic nitrogens is 3. The van der Waals surface area contributed by atoms with Crippen LogP contribution in [-0.4, -0.2) is 68.0 Å². The van der Waals surface area contributed by atoms with Crippen LogP contribution < -0.4 is 16.4 Å². The molecular weight excluding hydrogens is 444 g/mol. The van der Waals surface area contributed by atoms with Crippen LogP contribution in [0, 0.1) is 0 Å². The molecule has 0 spiro atoms. The summed E-state index contributed by atoms with van der Waals surface area (Å²) in [5, 5.41) is 15.9. The van der Waals surface area contributed by atoms with Crippen LogP contribution >= 0.6 is 11.8 Å². The van der Waals surface area contributed by atoms with E-state index >= 15 is 0 Å². The molecule has 0 fully saturated rings. The molecule has 0 saturated carbocycles. The summed E-state index contributed by atoms with van der Waals surface area (Å²) in [4.78, 5) is 47.3. The first kappa shape index (κ1) is 24.3. The van der Waals surface area contributed by atoms with Gasteiger partial charge in [0.25, 0.3) is 0 Å². The van der Waals surface area contributed by atoms with Gasteiger partial charge < -0.3 is 31.4 Å². The van der Waals surface area contributed by atoms with Crippen molar-refractivity contribution >= 4 is 40.4 Å².